The molecule has 5 nitrogen and oxygen atoms in total. The molecule has 1 aliphatic heterocycles. The lowest BCUT2D eigenvalue weighted by Gasteiger charge is -2.37. The average molecular weight is 277 g/mol. The van der Waals surface area contributed by atoms with Gasteiger partial charge in [-0.3, -0.25) is 4.90 Å². The fourth-order valence-electron chi connectivity index (χ4n) is 2.63. The second kappa shape index (κ2) is 5.54. The van der Waals surface area contributed by atoms with Crippen molar-refractivity contribution in [2.75, 3.05) is 20.3 Å². The number of nitrogens with zero attached hydrogens (tertiary/aromatic N) is 1. The highest BCUT2D eigenvalue weighted by atomic mass is 16.5. The average Bonchev–Trinajstić information content (AvgIpc) is 2.83. The molecule has 0 amide bonds. The Balaban J connectivity index is 1.73. The predicted octanol–water partition coefficient (Wildman–Crippen LogP) is 0.985. The maximum atomic E-state index is 10.0. The van der Waals surface area contributed by atoms with Crippen LogP contribution in [0.1, 0.15) is 5.76 Å². The Morgan fingerprint density at radius 1 is 1.25 bits per heavy atom. The van der Waals surface area contributed by atoms with Gasteiger partial charge in [0.2, 0.25) is 0 Å². The number of hydrogen-bond donors (Lipinski definition) is 2. The molecular weight excluding hydrogens is 258 g/mol. The Morgan fingerprint density at radius 3 is 2.85 bits per heavy atom. The molecule has 1 aliphatic rings. The van der Waals surface area contributed by atoms with Crippen LogP contribution in [0.3, 0.4) is 0 Å². The van der Waals surface area contributed by atoms with Crippen molar-refractivity contribution in [1.29, 1.82) is 0 Å². The van der Waals surface area contributed by atoms with Crippen LogP contribution in [0.5, 0.6) is 0 Å². The van der Waals surface area contributed by atoms with Crippen LogP contribution in [-0.2, 0) is 11.3 Å². The summed E-state index contributed by atoms with van der Waals surface area (Å²) in [5, 5.41) is 20.7. The van der Waals surface area contributed by atoms with Crippen molar-refractivity contribution in [1.82, 2.24) is 4.90 Å². The minimum absolute atomic E-state index is 0.191. The summed E-state index contributed by atoms with van der Waals surface area (Å²) in [7, 11) is 1.89. The minimum Gasteiger partial charge on any atom is -0.460 e. The van der Waals surface area contributed by atoms with Gasteiger partial charge < -0.3 is 19.4 Å². The highest BCUT2D eigenvalue weighted by Crippen LogP contribution is 2.22. The van der Waals surface area contributed by atoms with E-state index in [1.54, 1.807) is 0 Å². The number of fused-ring (bicyclic) bond motifs is 1. The number of likely N-dealkylation sites (N-methyl/N-ethyl adjacent to an activating group) is 1. The molecule has 3 rings (SSSR count). The molecule has 20 heavy (non-hydrogen) atoms. The van der Waals surface area contributed by atoms with Gasteiger partial charge in [-0.1, -0.05) is 18.2 Å². The van der Waals surface area contributed by atoms with Crippen molar-refractivity contribution in [2.24, 2.45) is 0 Å². The number of para-hydroxylation sites is 1. The first-order valence-corrected chi connectivity index (χ1v) is 6.77. The van der Waals surface area contributed by atoms with Gasteiger partial charge in [-0.15, -0.1) is 0 Å². The zero-order valence-corrected chi connectivity index (χ0v) is 11.4. The topological polar surface area (TPSA) is 66.1 Å². The fourth-order valence-corrected chi connectivity index (χ4v) is 2.63. The first-order valence-electron chi connectivity index (χ1n) is 6.77. The second-order valence-corrected chi connectivity index (χ2v) is 5.33. The standard InChI is InChI=1S/C15H19NO4/c1-16(12-8-19-9-13(17)15(12)18)7-11-6-10-4-2-3-5-14(10)20-11/h2-6,12-13,15,17-18H,7-9H2,1H3/t12-,13-,15+/m1/s1. The Morgan fingerprint density at radius 2 is 2.05 bits per heavy atom. The van der Waals surface area contributed by atoms with Gasteiger partial charge in [-0.25, -0.2) is 0 Å². The summed E-state index contributed by atoms with van der Waals surface area (Å²) in [6.45, 7) is 1.16. The molecule has 2 heterocycles. The van der Waals surface area contributed by atoms with Gasteiger partial charge in [-0.2, -0.15) is 0 Å². The van der Waals surface area contributed by atoms with Crippen LogP contribution in [0.4, 0.5) is 0 Å². The maximum Gasteiger partial charge on any atom is 0.134 e. The molecule has 2 aromatic rings. The Kier molecular flexibility index (Phi) is 3.76. The molecule has 0 aliphatic carbocycles. The first-order chi connectivity index (χ1) is 9.65. The van der Waals surface area contributed by atoms with Gasteiger partial charge in [0.25, 0.3) is 0 Å². The number of benzene rings is 1. The lowest BCUT2D eigenvalue weighted by atomic mass is 10.0. The zero-order chi connectivity index (χ0) is 14.1. The lowest BCUT2D eigenvalue weighted by molar-refractivity contribution is -0.130. The van der Waals surface area contributed by atoms with Crippen LogP contribution in [0, 0.1) is 0 Å². The lowest BCUT2D eigenvalue weighted by Crippen LogP contribution is -2.54. The van der Waals surface area contributed by atoms with Crippen LogP contribution in [0.2, 0.25) is 0 Å². The Bertz CT molecular complexity index is 549. The van der Waals surface area contributed by atoms with Gasteiger partial charge >= 0.3 is 0 Å². The van der Waals surface area contributed by atoms with Gasteiger partial charge in [0, 0.05) is 5.39 Å². The summed E-state index contributed by atoms with van der Waals surface area (Å²) in [6, 6.07) is 9.62. The number of aliphatic hydroxyl groups excluding tert-OH is 2. The molecule has 108 valence electrons. The van der Waals surface area contributed by atoms with Crippen molar-refractivity contribution in [3.63, 3.8) is 0 Å². The predicted molar refractivity (Wildman–Crippen MR) is 74.3 cm³/mol. The van der Waals surface area contributed by atoms with E-state index in [9.17, 15) is 10.2 Å². The smallest absolute Gasteiger partial charge is 0.134 e. The van der Waals surface area contributed by atoms with E-state index in [1.165, 1.54) is 0 Å². The molecule has 0 radical (unpaired) electrons. The molecule has 0 unspecified atom stereocenters. The molecule has 1 aromatic carbocycles. The minimum atomic E-state index is -0.827. The highest BCUT2D eigenvalue weighted by Gasteiger charge is 2.34. The van der Waals surface area contributed by atoms with Crippen molar-refractivity contribution in [3.05, 3.63) is 36.1 Å². The van der Waals surface area contributed by atoms with E-state index in [0.29, 0.717) is 13.2 Å². The van der Waals surface area contributed by atoms with Crippen molar-refractivity contribution in [3.8, 4) is 0 Å². The maximum absolute atomic E-state index is 10.0. The molecule has 1 fully saturated rings. The molecule has 0 spiro atoms. The fraction of sp³-hybridized carbons (Fsp3) is 0.467. The van der Waals surface area contributed by atoms with E-state index < -0.39 is 12.2 Å². The number of hydrogen-bond acceptors (Lipinski definition) is 5. The third-order valence-corrected chi connectivity index (χ3v) is 3.81. The third-order valence-electron chi connectivity index (χ3n) is 3.81. The molecule has 1 aromatic heterocycles. The number of furan rings is 1. The van der Waals surface area contributed by atoms with Crippen molar-refractivity contribution >= 4 is 11.0 Å². The number of rotatable bonds is 3. The summed E-state index contributed by atoms with van der Waals surface area (Å²) in [5.74, 6) is 0.834. The van der Waals surface area contributed by atoms with E-state index >= 15 is 0 Å². The van der Waals surface area contributed by atoms with Gasteiger partial charge in [0.1, 0.15) is 17.4 Å². The molecule has 0 bridgehead atoms. The van der Waals surface area contributed by atoms with Crippen molar-refractivity contribution in [2.45, 2.75) is 24.8 Å². The summed E-state index contributed by atoms with van der Waals surface area (Å²) in [5.41, 5.74) is 0.858. The van der Waals surface area contributed by atoms with Crippen LogP contribution >= 0.6 is 0 Å². The van der Waals surface area contributed by atoms with E-state index in [2.05, 4.69) is 0 Å². The van der Waals surface area contributed by atoms with E-state index in [-0.39, 0.29) is 12.6 Å². The Hall–Kier alpha value is -1.40. The highest BCUT2D eigenvalue weighted by molar-refractivity contribution is 5.77. The second-order valence-electron chi connectivity index (χ2n) is 5.33. The molecule has 1 saturated heterocycles. The molecule has 0 saturated carbocycles. The van der Waals surface area contributed by atoms with Crippen molar-refractivity contribution < 1.29 is 19.4 Å². The summed E-state index contributed by atoms with van der Waals surface area (Å²) in [4.78, 5) is 1.95. The van der Waals surface area contributed by atoms with Crippen LogP contribution in [-0.4, -0.2) is 53.6 Å². The largest absolute Gasteiger partial charge is 0.460 e. The van der Waals surface area contributed by atoms with E-state index in [0.717, 1.165) is 16.7 Å². The quantitative estimate of drug-likeness (QED) is 0.875. The van der Waals surface area contributed by atoms with Gasteiger partial charge in [0.15, 0.2) is 0 Å². The zero-order valence-electron chi connectivity index (χ0n) is 11.4. The van der Waals surface area contributed by atoms with E-state index in [4.69, 9.17) is 9.15 Å². The SMILES string of the molecule is CN(Cc1cc2ccccc2o1)[C@@H]1COC[C@@H](O)[C@H]1O. The Labute approximate surface area is 117 Å². The summed E-state index contributed by atoms with van der Waals surface area (Å²) < 4.78 is 11.1. The summed E-state index contributed by atoms with van der Waals surface area (Å²) >= 11 is 0. The third kappa shape index (κ3) is 2.58. The summed E-state index contributed by atoms with van der Waals surface area (Å²) in [6.07, 6.45) is -1.62. The molecule has 3 atom stereocenters. The monoisotopic (exact) mass is 277 g/mol. The van der Waals surface area contributed by atoms with E-state index in [1.807, 2.05) is 42.3 Å². The normalized spacial score (nSPS) is 27.3. The van der Waals surface area contributed by atoms with Crippen LogP contribution in [0.25, 0.3) is 11.0 Å². The number of ether oxygens (including phenoxy) is 1. The van der Waals surface area contributed by atoms with Gasteiger partial charge in [0.05, 0.1) is 31.9 Å². The van der Waals surface area contributed by atoms with Crippen LogP contribution in [0.15, 0.2) is 34.7 Å². The first kappa shape index (κ1) is 13.6. The van der Waals surface area contributed by atoms with Crippen LogP contribution < -0.4 is 0 Å². The molecule has 2 N–H and O–H groups in total. The number of aliphatic hydroxyl groups is 2. The molecular formula is C15H19NO4. The van der Waals surface area contributed by atoms with Gasteiger partial charge in [-0.05, 0) is 19.2 Å². The molecule has 5 heteroatoms.